The summed E-state index contributed by atoms with van der Waals surface area (Å²) in [5, 5.41) is 7.63. The molecule has 3 rings (SSSR count). The smallest absolute Gasteiger partial charge is 0.268 e. The number of benzene rings is 2. The number of hydrogen-bond donors (Lipinski definition) is 2. The Bertz CT molecular complexity index is 1160. The number of rotatable bonds is 11. The van der Waals surface area contributed by atoms with Gasteiger partial charge in [0.1, 0.15) is 11.4 Å². The number of thiophene rings is 1. The van der Waals surface area contributed by atoms with Crippen LogP contribution < -0.4 is 24.8 Å². The molecule has 0 aliphatic carbocycles. The van der Waals surface area contributed by atoms with Gasteiger partial charge in [-0.05, 0) is 80.3 Å². The molecule has 35 heavy (non-hydrogen) atoms. The highest BCUT2D eigenvalue weighted by atomic mass is 32.1. The van der Waals surface area contributed by atoms with E-state index in [0.29, 0.717) is 36.0 Å². The minimum atomic E-state index is -0.403. The molecule has 0 spiro atoms. The Hall–Kier alpha value is -3.78. The summed E-state index contributed by atoms with van der Waals surface area (Å²) in [5.41, 5.74) is 1.41. The zero-order valence-corrected chi connectivity index (χ0v) is 21.1. The van der Waals surface area contributed by atoms with Gasteiger partial charge in [-0.3, -0.25) is 9.59 Å². The van der Waals surface area contributed by atoms with Crippen LogP contribution in [-0.4, -0.2) is 32.1 Å². The quantitative estimate of drug-likeness (QED) is 0.358. The molecular formula is C27H30N2O5S. The number of carbonyl (C=O) groups excluding carboxylic acids is 2. The van der Waals surface area contributed by atoms with Gasteiger partial charge in [0.25, 0.3) is 11.8 Å². The summed E-state index contributed by atoms with van der Waals surface area (Å²) in [6.07, 6.45) is 1.66. The normalized spacial score (nSPS) is 11.9. The van der Waals surface area contributed by atoms with Crippen molar-refractivity contribution in [2.45, 2.75) is 26.8 Å². The van der Waals surface area contributed by atoms with Crippen LogP contribution in [0.3, 0.4) is 0 Å². The first-order chi connectivity index (χ1) is 16.9. The zero-order valence-electron chi connectivity index (χ0n) is 20.3. The van der Waals surface area contributed by atoms with Crippen molar-refractivity contribution in [3.8, 4) is 17.2 Å². The molecule has 0 fully saturated rings. The highest BCUT2D eigenvalue weighted by molar-refractivity contribution is 7.10. The van der Waals surface area contributed by atoms with E-state index in [4.69, 9.17) is 14.2 Å². The summed E-state index contributed by atoms with van der Waals surface area (Å²) >= 11 is 1.47. The van der Waals surface area contributed by atoms with Crippen molar-refractivity contribution in [1.29, 1.82) is 0 Å². The summed E-state index contributed by atoms with van der Waals surface area (Å²) in [5.74, 6) is 1.12. The second-order valence-electron chi connectivity index (χ2n) is 7.52. The standard InChI is InChI=1S/C27H30N2O5S/c1-5-33-24-14-11-20(16-25(24)34-6-2)18(3)28-27(31)23(17-22-8-7-15-35-22)29-26(30)19-9-12-21(32-4)13-10-19/h7-18H,5-6H2,1-4H3,(H,28,31)(H,29,30)/b23-17-. The Labute approximate surface area is 209 Å². The first-order valence-corrected chi connectivity index (χ1v) is 12.2. The molecule has 0 saturated carbocycles. The van der Waals surface area contributed by atoms with E-state index in [1.165, 1.54) is 11.3 Å². The van der Waals surface area contributed by atoms with E-state index in [1.807, 2.05) is 56.5 Å². The van der Waals surface area contributed by atoms with Crippen molar-refractivity contribution in [3.63, 3.8) is 0 Å². The highest BCUT2D eigenvalue weighted by Crippen LogP contribution is 2.31. The molecule has 2 aromatic carbocycles. The topological polar surface area (TPSA) is 85.9 Å². The van der Waals surface area contributed by atoms with Crippen LogP contribution in [0.15, 0.2) is 65.7 Å². The maximum Gasteiger partial charge on any atom is 0.268 e. The Morgan fingerprint density at radius 1 is 1.00 bits per heavy atom. The Morgan fingerprint density at radius 2 is 1.71 bits per heavy atom. The molecule has 0 saturated heterocycles. The zero-order chi connectivity index (χ0) is 25.2. The van der Waals surface area contributed by atoms with Gasteiger partial charge in [0, 0.05) is 10.4 Å². The maximum absolute atomic E-state index is 13.2. The number of methoxy groups -OCH3 is 1. The molecule has 0 aliphatic heterocycles. The van der Waals surface area contributed by atoms with E-state index in [0.717, 1.165) is 10.4 Å². The average molecular weight is 495 g/mol. The van der Waals surface area contributed by atoms with Crippen molar-refractivity contribution in [2.24, 2.45) is 0 Å². The minimum Gasteiger partial charge on any atom is -0.497 e. The first kappa shape index (κ1) is 25.8. The molecule has 1 aromatic heterocycles. The van der Waals surface area contributed by atoms with E-state index < -0.39 is 11.8 Å². The second-order valence-corrected chi connectivity index (χ2v) is 8.50. The molecule has 0 bridgehead atoms. The molecule has 184 valence electrons. The lowest BCUT2D eigenvalue weighted by Gasteiger charge is -2.19. The van der Waals surface area contributed by atoms with Gasteiger partial charge in [-0.15, -0.1) is 11.3 Å². The molecule has 1 heterocycles. The Balaban J connectivity index is 1.80. The number of amides is 2. The summed E-state index contributed by atoms with van der Waals surface area (Å²) in [4.78, 5) is 26.9. The van der Waals surface area contributed by atoms with E-state index in [1.54, 1.807) is 37.5 Å². The fourth-order valence-electron chi connectivity index (χ4n) is 3.31. The third-order valence-corrected chi connectivity index (χ3v) is 5.91. The molecule has 2 N–H and O–H groups in total. The fraction of sp³-hybridized carbons (Fsp3) is 0.259. The largest absolute Gasteiger partial charge is 0.497 e. The molecule has 8 heteroatoms. The van der Waals surface area contributed by atoms with Crippen molar-refractivity contribution in [3.05, 3.63) is 81.7 Å². The highest BCUT2D eigenvalue weighted by Gasteiger charge is 2.19. The fourth-order valence-corrected chi connectivity index (χ4v) is 3.96. The summed E-state index contributed by atoms with van der Waals surface area (Å²) < 4.78 is 16.5. The predicted molar refractivity (Wildman–Crippen MR) is 138 cm³/mol. The van der Waals surface area contributed by atoms with Crippen LogP contribution in [0.5, 0.6) is 17.2 Å². The lowest BCUT2D eigenvalue weighted by Crippen LogP contribution is -2.36. The molecule has 0 radical (unpaired) electrons. The summed E-state index contributed by atoms with van der Waals surface area (Å²) in [6.45, 7) is 6.71. The van der Waals surface area contributed by atoms with Crippen molar-refractivity contribution >= 4 is 29.2 Å². The van der Waals surface area contributed by atoms with Crippen molar-refractivity contribution in [2.75, 3.05) is 20.3 Å². The van der Waals surface area contributed by atoms with E-state index in [-0.39, 0.29) is 11.7 Å². The van der Waals surface area contributed by atoms with E-state index >= 15 is 0 Å². The molecule has 7 nitrogen and oxygen atoms in total. The molecule has 1 unspecified atom stereocenters. The van der Waals surface area contributed by atoms with Crippen LogP contribution in [0, 0.1) is 0 Å². The molecule has 2 amide bonds. The van der Waals surface area contributed by atoms with Crippen molar-refractivity contribution in [1.82, 2.24) is 10.6 Å². The van der Waals surface area contributed by atoms with Crippen LogP contribution in [0.4, 0.5) is 0 Å². The van der Waals surface area contributed by atoms with Crippen molar-refractivity contribution < 1.29 is 23.8 Å². The van der Waals surface area contributed by atoms with Gasteiger partial charge in [-0.25, -0.2) is 0 Å². The number of carbonyl (C=O) groups is 2. The number of ether oxygens (including phenoxy) is 3. The maximum atomic E-state index is 13.2. The van der Waals surface area contributed by atoms with Gasteiger partial charge in [0.15, 0.2) is 11.5 Å². The van der Waals surface area contributed by atoms with Gasteiger partial charge in [0.05, 0.1) is 26.4 Å². The summed E-state index contributed by atoms with van der Waals surface area (Å²) in [7, 11) is 1.56. The van der Waals surface area contributed by atoms with Crippen LogP contribution in [0.2, 0.25) is 0 Å². The lowest BCUT2D eigenvalue weighted by atomic mass is 10.1. The van der Waals surface area contributed by atoms with Gasteiger partial charge >= 0.3 is 0 Å². The predicted octanol–water partition coefficient (Wildman–Crippen LogP) is 5.20. The second kappa shape index (κ2) is 12.6. The monoisotopic (exact) mass is 494 g/mol. The number of hydrogen-bond acceptors (Lipinski definition) is 6. The summed E-state index contributed by atoms with van der Waals surface area (Å²) in [6, 6.07) is 15.7. The molecule has 1 atom stereocenters. The molecule has 3 aromatic rings. The third kappa shape index (κ3) is 7.10. The van der Waals surface area contributed by atoms with Gasteiger partial charge < -0.3 is 24.8 Å². The Kier molecular flexibility index (Phi) is 9.31. The lowest BCUT2D eigenvalue weighted by molar-refractivity contribution is -0.118. The van der Waals surface area contributed by atoms with Gasteiger partial charge in [0.2, 0.25) is 0 Å². The molecule has 0 aliphatic rings. The van der Waals surface area contributed by atoms with Crippen LogP contribution in [0.1, 0.15) is 47.6 Å². The van der Waals surface area contributed by atoms with E-state index in [9.17, 15) is 9.59 Å². The van der Waals surface area contributed by atoms with Crippen LogP contribution in [-0.2, 0) is 4.79 Å². The first-order valence-electron chi connectivity index (χ1n) is 11.4. The number of nitrogens with one attached hydrogen (secondary N) is 2. The van der Waals surface area contributed by atoms with E-state index in [2.05, 4.69) is 10.6 Å². The average Bonchev–Trinajstić information content (AvgIpc) is 3.38. The van der Waals surface area contributed by atoms with Crippen LogP contribution >= 0.6 is 11.3 Å². The molecular weight excluding hydrogens is 464 g/mol. The SMILES string of the molecule is CCOc1ccc(C(C)NC(=O)/C(=C/c2cccs2)NC(=O)c2ccc(OC)cc2)cc1OCC. The van der Waals surface area contributed by atoms with Crippen LogP contribution in [0.25, 0.3) is 6.08 Å². The van der Waals surface area contributed by atoms with Gasteiger partial charge in [-0.2, -0.15) is 0 Å². The minimum absolute atomic E-state index is 0.149. The Morgan fingerprint density at radius 3 is 2.34 bits per heavy atom. The third-order valence-electron chi connectivity index (χ3n) is 5.09. The van der Waals surface area contributed by atoms with Gasteiger partial charge in [-0.1, -0.05) is 12.1 Å².